The van der Waals surface area contributed by atoms with Gasteiger partial charge in [-0.15, -0.1) is 0 Å². The second-order valence-electron chi connectivity index (χ2n) is 4.76. The Morgan fingerprint density at radius 3 is 2.95 bits per heavy atom. The van der Waals surface area contributed by atoms with Crippen molar-refractivity contribution >= 4 is 27.5 Å². The van der Waals surface area contributed by atoms with Gasteiger partial charge in [-0.3, -0.25) is 4.79 Å². The number of carbonyl (C=O) groups excluding carboxylic acids is 1. The van der Waals surface area contributed by atoms with E-state index in [2.05, 4.69) is 26.6 Å². The zero-order chi connectivity index (χ0) is 13.8. The van der Waals surface area contributed by atoms with Crippen LogP contribution in [0, 0.1) is 12.8 Å². The number of hydrogen-bond donors (Lipinski definition) is 2. The molecule has 104 valence electrons. The van der Waals surface area contributed by atoms with Gasteiger partial charge in [-0.25, -0.2) is 0 Å². The molecule has 0 spiro atoms. The highest BCUT2D eigenvalue weighted by Crippen LogP contribution is 2.22. The third-order valence-electron chi connectivity index (χ3n) is 3.32. The Morgan fingerprint density at radius 1 is 1.47 bits per heavy atom. The molecule has 4 nitrogen and oxygen atoms in total. The van der Waals surface area contributed by atoms with E-state index in [4.69, 9.17) is 4.74 Å². The summed E-state index contributed by atoms with van der Waals surface area (Å²) in [4.78, 5) is 12.2. The predicted molar refractivity (Wildman–Crippen MR) is 79.3 cm³/mol. The Balaban J connectivity index is 2.02. The van der Waals surface area contributed by atoms with Crippen LogP contribution in [0.3, 0.4) is 0 Å². The highest BCUT2D eigenvalue weighted by Gasteiger charge is 2.33. The van der Waals surface area contributed by atoms with Crippen LogP contribution in [0.1, 0.15) is 12.5 Å². The number of carbonyl (C=O) groups is 1. The van der Waals surface area contributed by atoms with Crippen molar-refractivity contribution in [2.24, 2.45) is 5.92 Å². The van der Waals surface area contributed by atoms with E-state index < -0.39 is 0 Å². The fourth-order valence-electron chi connectivity index (χ4n) is 2.18. The van der Waals surface area contributed by atoms with E-state index in [0.29, 0.717) is 13.2 Å². The molecule has 2 unspecified atom stereocenters. The van der Waals surface area contributed by atoms with Crippen molar-refractivity contribution in [3.8, 4) is 0 Å². The highest BCUT2D eigenvalue weighted by molar-refractivity contribution is 9.10. The second kappa shape index (κ2) is 6.50. The van der Waals surface area contributed by atoms with Crippen LogP contribution in [0.15, 0.2) is 22.7 Å². The maximum atomic E-state index is 12.2. The summed E-state index contributed by atoms with van der Waals surface area (Å²) < 4.78 is 6.39. The smallest absolute Gasteiger partial charge is 0.231 e. The van der Waals surface area contributed by atoms with Gasteiger partial charge in [0.15, 0.2) is 0 Å². The standard InChI is InChI=1S/C14H19BrN2O2/c1-3-16-13-8-19-7-11(13)14(18)17-10-5-4-9(2)12(15)6-10/h4-6,11,13,16H,3,7-8H2,1-2H3,(H,17,18). The van der Waals surface area contributed by atoms with Crippen molar-refractivity contribution in [1.82, 2.24) is 5.32 Å². The fraction of sp³-hybridized carbons (Fsp3) is 0.500. The number of aryl methyl sites for hydroxylation is 1. The number of halogens is 1. The van der Waals surface area contributed by atoms with Crippen LogP contribution in [0.2, 0.25) is 0 Å². The van der Waals surface area contributed by atoms with Gasteiger partial charge in [0.25, 0.3) is 0 Å². The van der Waals surface area contributed by atoms with Gasteiger partial charge in [0.05, 0.1) is 19.1 Å². The number of benzene rings is 1. The quantitative estimate of drug-likeness (QED) is 0.892. The van der Waals surface area contributed by atoms with Crippen LogP contribution in [0.5, 0.6) is 0 Å². The van der Waals surface area contributed by atoms with E-state index >= 15 is 0 Å². The van der Waals surface area contributed by atoms with Crippen molar-refractivity contribution in [3.63, 3.8) is 0 Å². The lowest BCUT2D eigenvalue weighted by Crippen LogP contribution is -2.41. The van der Waals surface area contributed by atoms with Gasteiger partial charge in [0, 0.05) is 16.2 Å². The molecule has 1 aromatic rings. The van der Waals surface area contributed by atoms with Crippen LogP contribution in [-0.4, -0.2) is 31.7 Å². The second-order valence-corrected chi connectivity index (χ2v) is 5.62. The Morgan fingerprint density at radius 2 is 2.26 bits per heavy atom. The van der Waals surface area contributed by atoms with Crippen LogP contribution in [0.25, 0.3) is 0 Å². The number of anilines is 1. The van der Waals surface area contributed by atoms with E-state index in [1.165, 1.54) is 0 Å². The molecule has 1 fully saturated rings. The molecule has 19 heavy (non-hydrogen) atoms. The van der Waals surface area contributed by atoms with Gasteiger partial charge in [-0.2, -0.15) is 0 Å². The summed E-state index contributed by atoms with van der Waals surface area (Å²) in [6.07, 6.45) is 0. The highest BCUT2D eigenvalue weighted by atomic mass is 79.9. The predicted octanol–water partition coefficient (Wildman–Crippen LogP) is 2.32. The summed E-state index contributed by atoms with van der Waals surface area (Å²) in [5.74, 6) is -0.112. The molecule has 1 saturated heterocycles. The molecule has 1 aromatic carbocycles. The molecular weight excluding hydrogens is 308 g/mol. The van der Waals surface area contributed by atoms with Crippen molar-refractivity contribution in [2.45, 2.75) is 19.9 Å². The zero-order valence-corrected chi connectivity index (χ0v) is 12.8. The lowest BCUT2D eigenvalue weighted by atomic mass is 10.0. The summed E-state index contributed by atoms with van der Waals surface area (Å²) in [7, 11) is 0. The molecule has 0 radical (unpaired) electrons. The van der Waals surface area contributed by atoms with Gasteiger partial charge in [0.2, 0.25) is 5.91 Å². The lowest BCUT2D eigenvalue weighted by molar-refractivity contribution is -0.120. The Bertz CT molecular complexity index is 465. The summed E-state index contributed by atoms with van der Waals surface area (Å²) in [6.45, 7) is 5.97. The Kier molecular flexibility index (Phi) is 4.96. The minimum atomic E-state index is -0.125. The average Bonchev–Trinajstić information content (AvgIpc) is 2.83. The Hall–Kier alpha value is -0.910. The molecule has 0 saturated carbocycles. The maximum absolute atomic E-state index is 12.2. The molecule has 5 heteroatoms. The molecule has 2 rings (SSSR count). The number of likely N-dealkylation sites (N-methyl/N-ethyl adjacent to an activating group) is 1. The average molecular weight is 327 g/mol. The summed E-state index contributed by atoms with van der Waals surface area (Å²) >= 11 is 3.47. The zero-order valence-electron chi connectivity index (χ0n) is 11.2. The van der Waals surface area contributed by atoms with Gasteiger partial charge < -0.3 is 15.4 Å². The molecule has 1 aliphatic rings. The normalized spacial score (nSPS) is 22.5. The summed E-state index contributed by atoms with van der Waals surface area (Å²) in [5.41, 5.74) is 1.96. The monoisotopic (exact) mass is 326 g/mol. The van der Waals surface area contributed by atoms with Crippen molar-refractivity contribution in [2.75, 3.05) is 25.1 Å². The molecule has 0 aromatic heterocycles. The molecule has 0 aliphatic carbocycles. The number of rotatable bonds is 4. The lowest BCUT2D eigenvalue weighted by Gasteiger charge is -2.18. The van der Waals surface area contributed by atoms with E-state index in [1.54, 1.807) is 0 Å². The van der Waals surface area contributed by atoms with Crippen LogP contribution < -0.4 is 10.6 Å². The number of nitrogens with one attached hydrogen (secondary N) is 2. The van der Waals surface area contributed by atoms with Crippen LogP contribution in [-0.2, 0) is 9.53 Å². The number of hydrogen-bond acceptors (Lipinski definition) is 3. The Labute approximate surface area is 122 Å². The van der Waals surface area contributed by atoms with E-state index in [1.807, 2.05) is 32.0 Å². The maximum Gasteiger partial charge on any atom is 0.231 e. The molecule has 1 aliphatic heterocycles. The molecule has 0 bridgehead atoms. The molecule has 2 N–H and O–H groups in total. The largest absolute Gasteiger partial charge is 0.379 e. The third-order valence-corrected chi connectivity index (χ3v) is 4.18. The molecule has 2 atom stereocenters. The van der Waals surface area contributed by atoms with Gasteiger partial charge in [0.1, 0.15) is 0 Å². The number of ether oxygens (including phenoxy) is 1. The fourth-order valence-corrected chi connectivity index (χ4v) is 2.56. The summed E-state index contributed by atoms with van der Waals surface area (Å²) in [6, 6.07) is 5.92. The SMILES string of the molecule is CCNC1COCC1C(=O)Nc1ccc(C)c(Br)c1. The van der Waals surface area contributed by atoms with Gasteiger partial charge >= 0.3 is 0 Å². The first-order valence-electron chi connectivity index (χ1n) is 6.50. The first-order chi connectivity index (χ1) is 9.11. The van der Waals surface area contributed by atoms with Crippen molar-refractivity contribution < 1.29 is 9.53 Å². The first-order valence-corrected chi connectivity index (χ1v) is 7.29. The summed E-state index contributed by atoms with van der Waals surface area (Å²) in [5, 5.41) is 6.24. The van der Waals surface area contributed by atoms with Crippen molar-refractivity contribution in [3.05, 3.63) is 28.2 Å². The molecule has 1 heterocycles. The first kappa shape index (κ1) is 14.5. The minimum Gasteiger partial charge on any atom is -0.379 e. The topological polar surface area (TPSA) is 50.4 Å². The van der Waals surface area contributed by atoms with E-state index in [-0.39, 0.29) is 17.9 Å². The molecular formula is C14H19BrN2O2. The van der Waals surface area contributed by atoms with Gasteiger partial charge in [-0.1, -0.05) is 28.9 Å². The van der Waals surface area contributed by atoms with Crippen LogP contribution in [0.4, 0.5) is 5.69 Å². The van der Waals surface area contributed by atoms with E-state index in [9.17, 15) is 4.79 Å². The van der Waals surface area contributed by atoms with E-state index in [0.717, 1.165) is 22.3 Å². The third kappa shape index (κ3) is 3.55. The van der Waals surface area contributed by atoms with Crippen molar-refractivity contribution in [1.29, 1.82) is 0 Å². The minimum absolute atomic E-state index is 0.0132. The van der Waals surface area contributed by atoms with Crippen LogP contribution >= 0.6 is 15.9 Å². The number of amides is 1. The molecule has 1 amide bonds. The van der Waals surface area contributed by atoms with Gasteiger partial charge in [-0.05, 0) is 31.2 Å².